The highest BCUT2D eigenvalue weighted by Crippen LogP contribution is 2.47. The lowest BCUT2D eigenvalue weighted by Gasteiger charge is -2.39. The smallest absolute Gasteiger partial charge is 0.227 e. The topological polar surface area (TPSA) is 49.7 Å². The SMILES string of the molecule is CCC(=O)N1c2ccccc2N=C2CC(c3ccc(C)cc3)CC(=O)C2C1c1cccc(Br)c1. The van der Waals surface area contributed by atoms with E-state index in [0.717, 1.165) is 32.7 Å². The zero-order valence-corrected chi connectivity index (χ0v) is 21.0. The van der Waals surface area contributed by atoms with E-state index >= 15 is 0 Å². The van der Waals surface area contributed by atoms with E-state index in [9.17, 15) is 9.59 Å². The molecule has 3 aromatic rings. The van der Waals surface area contributed by atoms with Crippen LogP contribution in [0.2, 0.25) is 0 Å². The fourth-order valence-corrected chi connectivity index (χ4v) is 5.68. The van der Waals surface area contributed by atoms with Gasteiger partial charge in [-0.1, -0.05) is 76.9 Å². The number of carbonyl (C=O) groups is 2. The summed E-state index contributed by atoms with van der Waals surface area (Å²) in [7, 11) is 0. The molecular weight excluding hydrogens is 488 g/mol. The first-order valence-corrected chi connectivity index (χ1v) is 12.6. The van der Waals surface area contributed by atoms with E-state index in [4.69, 9.17) is 4.99 Å². The number of rotatable bonds is 3. The molecule has 0 aromatic heterocycles. The van der Waals surface area contributed by atoms with Crippen LogP contribution in [0, 0.1) is 12.8 Å². The van der Waals surface area contributed by atoms with Crippen LogP contribution in [-0.2, 0) is 9.59 Å². The van der Waals surface area contributed by atoms with Gasteiger partial charge < -0.3 is 4.90 Å². The van der Waals surface area contributed by atoms with Crippen LogP contribution in [-0.4, -0.2) is 17.4 Å². The Morgan fingerprint density at radius 2 is 1.76 bits per heavy atom. The summed E-state index contributed by atoms with van der Waals surface area (Å²) in [4.78, 5) is 34.2. The lowest BCUT2D eigenvalue weighted by Crippen LogP contribution is -2.45. The second-order valence-corrected chi connectivity index (χ2v) is 10.1. The number of nitrogens with zero attached hydrogens (tertiary/aromatic N) is 2. The Hall–Kier alpha value is -3.05. The van der Waals surface area contributed by atoms with Crippen LogP contribution in [0.5, 0.6) is 0 Å². The van der Waals surface area contributed by atoms with Crippen LogP contribution in [0.25, 0.3) is 0 Å². The number of halogens is 1. The average molecular weight is 515 g/mol. The Morgan fingerprint density at radius 1 is 1.00 bits per heavy atom. The zero-order valence-electron chi connectivity index (χ0n) is 19.4. The number of amides is 1. The molecule has 3 unspecified atom stereocenters. The van der Waals surface area contributed by atoms with Crippen LogP contribution in [0.1, 0.15) is 54.8 Å². The highest BCUT2D eigenvalue weighted by molar-refractivity contribution is 9.10. The Labute approximate surface area is 208 Å². The molecule has 1 aliphatic heterocycles. The fourth-order valence-electron chi connectivity index (χ4n) is 5.26. The Morgan fingerprint density at radius 3 is 2.50 bits per heavy atom. The van der Waals surface area contributed by atoms with Crippen LogP contribution in [0.3, 0.4) is 0 Å². The quantitative estimate of drug-likeness (QED) is 0.374. The van der Waals surface area contributed by atoms with Crippen molar-refractivity contribution in [2.24, 2.45) is 10.9 Å². The summed E-state index contributed by atoms with van der Waals surface area (Å²) < 4.78 is 0.922. The number of hydrogen-bond acceptors (Lipinski definition) is 3. The summed E-state index contributed by atoms with van der Waals surface area (Å²) in [5, 5.41) is 0. The molecule has 0 spiro atoms. The van der Waals surface area contributed by atoms with E-state index in [1.807, 2.05) is 60.4 Å². The van der Waals surface area contributed by atoms with E-state index in [2.05, 4.69) is 47.1 Å². The summed E-state index contributed by atoms with van der Waals surface area (Å²) in [5.41, 5.74) is 5.68. The summed E-state index contributed by atoms with van der Waals surface area (Å²) in [6.45, 7) is 3.94. The van der Waals surface area contributed by atoms with Gasteiger partial charge in [0.25, 0.3) is 0 Å². The molecule has 2 aliphatic rings. The highest BCUT2D eigenvalue weighted by atomic mass is 79.9. The number of para-hydroxylation sites is 2. The predicted molar refractivity (Wildman–Crippen MR) is 140 cm³/mol. The monoisotopic (exact) mass is 514 g/mol. The first-order chi connectivity index (χ1) is 16.5. The summed E-state index contributed by atoms with van der Waals surface area (Å²) in [5.74, 6) is -0.254. The fraction of sp³-hybridized carbons (Fsp3) is 0.276. The van der Waals surface area contributed by atoms with Crippen molar-refractivity contribution in [1.82, 2.24) is 0 Å². The minimum Gasteiger partial charge on any atom is -0.302 e. The number of carbonyl (C=O) groups excluding carboxylic acids is 2. The van der Waals surface area contributed by atoms with Crippen molar-refractivity contribution in [3.8, 4) is 0 Å². The Bertz CT molecular complexity index is 1280. The van der Waals surface area contributed by atoms with Crippen molar-refractivity contribution in [2.75, 3.05) is 4.90 Å². The maximum atomic E-state index is 13.9. The zero-order chi connectivity index (χ0) is 23.8. The molecule has 1 amide bonds. The van der Waals surface area contributed by atoms with Gasteiger partial charge in [-0.15, -0.1) is 0 Å². The molecule has 1 saturated carbocycles. The first-order valence-electron chi connectivity index (χ1n) is 11.8. The third kappa shape index (κ3) is 4.14. The van der Waals surface area contributed by atoms with Gasteiger partial charge in [0.05, 0.1) is 23.3 Å². The molecule has 5 rings (SSSR count). The van der Waals surface area contributed by atoms with Crippen molar-refractivity contribution in [1.29, 1.82) is 0 Å². The molecule has 4 nitrogen and oxygen atoms in total. The third-order valence-corrected chi connectivity index (χ3v) is 7.41. The summed E-state index contributed by atoms with van der Waals surface area (Å²) in [6, 6.07) is 23.7. The lowest BCUT2D eigenvalue weighted by atomic mass is 9.72. The number of aryl methyl sites for hydroxylation is 1. The molecule has 0 radical (unpaired) electrons. The standard InChI is InChI=1S/C29H27BrN2O2/c1-3-27(34)32-25-10-5-4-9-23(25)31-24-16-21(19-13-11-18(2)12-14-19)17-26(33)28(24)29(32)20-7-6-8-22(30)15-20/h4-15,21,28-29H,3,16-17H2,1-2H3. The minimum atomic E-state index is -0.473. The van der Waals surface area contributed by atoms with Gasteiger partial charge in [0.2, 0.25) is 5.91 Å². The van der Waals surface area contributed by atoms with Crippen LogP contribution < -0.4 is 4.90 Å². The maximum Gasteiger partial charge on any atom is 0.227 e. The summed E-state index contributed by atoms with van der Waals surface area (Å²) in [6.07, 6.45) is 1.50. The van der Waals surface area contributed by atoms with Gasteiger partial charge in [-0.2, -0.15) is 0 Å². The van der Waals surface area contributed by atoms with Crippen LogP contribution >= 0.6 is 15.9 Å². The number of hydrogen-bond donors (Lipinski definition) is 0. The predicted octanol–water partition coefficient (Wildman–Crippen LogP) is 7.09. The van der Waals surface area contributed by atoms with Gasteiger partial charge in [0.15, 0.2) is 0 Å². The van der Waals surface area contributed by atoms with E-state index in [1.54, 1.807) is 0 Å². The molecule has 0 bridgehead atoms. The van der Waals surface area contributed by atoms with Crippen molar-refractivity contribution < 1.29 is 9.59 Å². The molecule has 1 fully saturated rings. The lowest BCUT2D eigenvalue weighted by molar-refractivity contribution is -0.123. The molecule has 0 saturated heterocycles. The molecule has 1 aliphatic carbocycles. The number of aliphatic imine (C=N–C) groups is 1. The molecule has 1 heterocycles. The number of benzene rings is 3. The minimum absolute atomic E-state index is 0.0117. The molecule has 172 valence electrons. The van der Waals surface area contributed by atoms with Gasteiger partial charge >= 0.3 is 0 Å². The first kappa shape index (κ1) is 22.7. The molecule has 5 heteroatoms. The average Bonchev–Trinajstić information content (AvgIpc) is 2.98. The molecular formula is C29H27BrN2O2. The van der Waals surface area contributed by atoms with Crippen molar-refractivity contribution in [2.45, 2.75) is 45.1 Å². The van der Waals surface area contributed by atoms with Gasteiger partial charge in [0, 0.05) is 23.0 Å². The molecule has 34 heavy (non-hydrogen) atoms. The van der Waals surface area contributed by atoms with Gasteiger partial charge in [0.1, 0.15) is 5.78 Å². The summed E-state index contributed by atoms with van der Waals surface area (Å²) >= 11 is 3.58. The van der Waals surface area contributed by atoms with Gasteiger partial charge in [-0.25, -0.2) is 0 Å². The van der Waals surface area contributed by atoms with Crippen molar-refractivity contribution in [3.63, 3.8) is 0 Å². The van der Waals surface area contributed by atoms with Gasteiger partial charge in [-0.3, -0.25) is 14.6 Å². The van der Waals surface area contributed by atoms with E-state index in [0.29, 0.717) is 19.3 Å². The maximum absolute atomic E-state index is 13.9. The van der Waals surface area contributed by atoms with E-state index in [1.165, 1.54) is 5.56 Å². The normalized spacial score (nSPS) is 21.9. The Balaban J connectivity index is 1.68. The van der Waals surface area contributed by atoms with Crippen LogP contribution in [0.15, 0.2) is 82.3 Å². The Kier molecular flexibility index (Phi) is 6.22. The van der Waals surface area contributed by atoms with Crippen molar-refractivity contribution in [3.05, 3.63) is 94.0 Å². The van der Waals surface area contributed by atoms with E-state index < -0.39 is 12.0 Å². The third-order valence-electron chi connectivity index (χ3n) is 6.92. The van der Waals surface area contributed by atoms with Crippen LogP contribution in [0.4, 0.5) is 11.4 Å². The second-order valence-electron chi connectivity index (χ2n) is 9.17. The number of Topliss-reactive ketones (excluding diaryl/α,β-unsaturated/α-hetero) is 1. The van der Waals surface area contributed by atoms with E-state index in [-0.39, 0.29) is 17.6 Å². The molecule has 3 aromatic carbocycles. The largest absolute Gasteiger partial charge is 0.302 e. The number of fused-ring (bicyclic) bond motifs is 2. The molecule has 0 N–H and O–H groups in total. The number of ketones is 1. The van der Waals surface area contributed by atoms with Crippen molar-refractivity contribution >= 4 is 44.7 Å². The van der Waals surface area contributed by atoms with Gasteiger partial charge in [-0.05, 0) is 54.7 Å². The highest BCUT2D eigenvalue weighted by Gasteiger charge is 2.45. The second kappa shape index (κ2) is 9.30. The number of anilines is 1. The molecule has 3 atom stereocenters.